The molecule has 1 aliphatic rings. The Bertz CT molecular complexity index is 402. The van der Waals surface area contributed by atoms with Gasteiger partial charge in [0.2, 0.25) is 0 Å². The summed E-state index contributed by atoms with van der Waals surface area (Å²) in [5.41, 5.74) is 2.42. The quantitative estimate of drug-likeness (QED) is 0.801. The lowest BCUT2D eigenvalue weighted by atomic mass is 9.89. The van der Waals surface area contributed by atoms with Crippen molar-refractivity contribution in [3.63, 3.8) is 0 Å². The molecule has 2 rings (SSSR count). The Labute approximate surface area is 116 Å². The maximum Gasteiger partial charge on any atom is 0.123 e. The summed E-state index contributed by atoms with van der Waals surface area (Å²) in [6, 6.07) is 5.91. The largest absolute Gasteiger partial charge is 0.314 e. The fourth-order valence-electron chi connectivity index (χ4n) is 3.32. The molecule has 1 aromatic carbocycles. The van der Waals surface area contributed by atoms with Gasteiger partial charge in [-0.3, -0.25) is 0 Å². The van der Waals surface area contributed by atoms with Crippen LogP contribution in [0.5, 0.6) is 0 Å². The number of benzene rings is 1. The highest BCUT2D eigenvalue weighted by Crippen LogP contribution is 2.27. The summed E-state index contributed by atoms with van der Waals surface area (Å²) >= 11 is 0. The summed E-state index contributed by atoms with van der Waals surface area (Å²) in [7, 11) is 0. The van der Waals surface area contributed by atoms with E-state index in [1.807, 2.05) is 13.0 Å². The molecular weight excluding hydrogens is 237 g/mol. The van der Waals surface area contributed by atoms with E-state index in [0.717, 1.165) is 24.4 Å². The van der Waals surface area contributed by atoms with Crippen molar-refractivity contribution in [1.29, 1.82) is 0 Å². The van der Waals surface area contributed by atoms with Crippen LogP contribution in [-0.2, 0) is 6.42 Å². The van der Waals surface area contributed by atoms with E-state index in [2.05, 4.69) is 12.2 Å². The zero-order chi connectivity index (χ0) is 13.7. The molecule has 19 heavy (non-hydrogen) atoms. The highest BCUT2D eigenvalue weighted by Gasteiger charge is 2.20. The maximum absolute atomic E-state index is 13.1. The molecule has 2 atom stereocenters. The van der Waals surface area contributed by atoms with Crippen LogP contribution in [0.25, 0.3) is 0 Å². The van der Waals surface area contributed by atoms with Crippen molar-refractivity contribution in [2.75, 3.05) is 6.54 Å². The standard InChI is InChI=1S/C17H26FN/c1-3-19-17-7-5-4-6-14(12-17)11-15-8-9-16(18)10-13(15)2/h8-10,14,17,19H,3-7,11-12H2,1-2H3. The molecule has 0 heterocycles. The molecule has 0 amide bonds. The molecule has 1 nitrogen and oxygen atoms in total. The van der Waals surface area contributed by atoms with E-state index in [1.165, 1.54) is 37.7 Å². The molecule has 1 saturated carbocycles. The van der Waals surface area contributed by atoms with Crippen molar-refractivity contribution in [3.05, 3.63) is 35.1 Å². The number of hydrogen-bond donors (Lipinski definition) is 1. The van der Waals surface area contributed by atoms with Gasteiger partial charge < -0.3 is 5.32 Å². The van der Waals surface area contributed by atoms with Gasteiger partial charge in [0.15, 0.2) is 0 Å². The first-order valence-electron chi connectivity index (χ1n) is 7.67. The summed E-state index contributed by atoms with van der Waals surface area (Å²) in [5.74, 6) is 0.628. The van der Waals surface area contributed by atoms with Crippen LogP contribution in [0.15, 0.2) is 18.2 Å². The second-order valence-electron chi connectivity index (χ2n) is 5.92. The van der Waals surface area contributed by atoms with Gasteiger partial charge in [0.25, 0.3) is 0 Å². The van der Waals surface area contributed by atoms with Gasteiger partial charge in [-0.05, 0) is 61.9 Å². The molecule has 106 valence electrons. The minimum absolute atomic E-state index is 0.118. The van der Waals surface area contributed by atoms with E-state index in [-0.39, 0.29) is 5.82 Å². The van der Waals surface area contributed by atoms with Gasteiger partial charge in [0, 0.05) is 6.04 Å². The van der Waals surface area contributed by atoms with E-state index in [0.29, 0.717) is 6.04 Å². The third-order valence-corrected chi connectivity index (χ3v) is 4.34. The third-order valence-electron chi connectivity index (χ3n) is 4.34. The van der Waals surface area contributed by atoms with Crippen molar-refractivity contribution >= 4 is 0 Å². The molecular formula is C17H26FN. The van der Waals surface area contributed by atoms with E-state index in [1.54, 1.807) is 12.1 Å². The number of nitrogens with one attached hydrogen (secondary N) is 1. The first-order valence-corrected chi connectivity index (χ1v) is 7.67. The lowest BCUT2D eigenvalue weighted by Crippen LogP contribution is -2.30. The maximum atomic E-state index is 13.1. The van der Waals surface area contributed by atoms with Gasteiger partial charge in [-0.2, -0.15) is 0 Å². The highest BCUT2D eigenvalue weighted by molar-refractivity contribution is 5.27. The summed E-state index contributed by atoms with van der Waals surface area (Å²) in [6.45, 7) is 5.27. The molecule has 2 unspecified atom stereocenters. The van der Waals surface area contributed by atoms with Gasteiger partial charge in [0.05, 0.1) is 0 Å². The van der Waals surface area contributed by atoms with E-state index >= 15 is 0 Å². The molecule has 1 aromatic rings. The zero-order valence-corrected chi connectivity index (χ0v) is 12.2. The third kappa shape index (κ3) is 4.31. The molecule has 0 radical (unpaired) electrons. The minimum Gasteiger partial charge on any atom is -0.314 e. The van der Waals surface area contributed by atoms with Crippen molar-refractivity contribution in [2.45, 2.75) is 58.4 Å². The molecule has 1 fully saturated rings. The number of halogens is 1. The van der Waals surface area contributed by atoms with Gasteiger partial charge >= 0.3 is 0 Å². The summed E-state index contributed by atoms with van der Waals surface area (Å²) in [4.78, 5) is 0. The Morgan fingerprint density at radius 3 is 2.79 bits per heavy atom. The Balaban J connectivity index is 2.00. The van der Waals surface area contributed by atoms with Crippen molar-refractivity contribution in [3.8, 4) is 0 Å². The van der Waals surface area contributed by atoms with E-state index in [4.69, 9.17) is 0 Å². The minimum atomic E-state index is -0.118. The Morgan fingerprint density at radius 2 is 2.05 bits per heavy atom. The second-order valence-corrected chi connectivity index (χ2v) is 5.92. The number of aryl methyl sites for hydroxylation is 1. The lowest BCUT2D eigenvalue weighted by molar-refractivity contribution is 0.389. The fourth-order valence-corrected chi connectivity index (χ4v) is 3.32. The topological polar surface area (TPSA) is 12.0 Å². The normalized spacial score (nSPS) is 24.2. The molecule has 1 aliphatic carbocycles. The smallest absolute Gasteiger partial charge is 0.123 e. The van der Waals surface area contributed by atoms with Gasteiger partial charge in [-0.25, -0.2) is 4.39 Å². The van der Waals surface area contributed by atoms with Crippen molar-refractivity contribution in [1.82, 2.24) is 5.32 Å². The monoisotopic (exact) mass is 263 g/mol. The zero-order valence-electron chi connectivity index (χ0n) is 12.2. The van der Waals surface area contributed by atoms with Gasteiger partial charge in [0.1, 0.15) is 5.82 Å². The fraction of sp³-hybridized carbons (Fsp3) is 0.647. The second kappa shape index (κ2) is 7.04. The highest BCUT2D eigenvalue weighted by atomic mass is 19.1. The Morgan fingerprint density at radius 1 is 1.26 bits per heavy atom. The predicted molar refractivity (Wildman–Crippen MR) is 78.9 cm³/mol. The molecule has 0 saturated heterocycles. The molecule has 2 heteroatoms. The lowest BCUT2D eigenvalue weighted by Gasteiger charge is -2.21. The summed E-state index contributed by atoms with van der Waals surface area (Å²) in [6.07, 6.45) is 7.69. The Kier molecular flexibility index (Phi) is 5.38. The molecule has 1 N–H and O–H groups in total. The van der Waals surface area contributed by atoms with Crippen LogP contribution in [0, 0.1) is 18.7 Å². The van der Waals surface area contributed by atoms with Gasteiger partial charge in [-0.15, -0.1) is 0 Å². The average molecular weight is 263 g/mol. The summed E-state index contributed by atoms with van der Waals surface area (Å²) < 4.78 is 13.1. The number of hydrogen-bond acceptors (Lipinski definition) is 1. The van der Waals surface area contributed by atoms with E-state index in [9.17, 15) is 4.39 Å². The summed E-state index contributed by atoms with van der Waals surface area (Å²) in [5, 5.41) is 3.60. The molecule has 0 aromatic heterocycles. The predicted octanol–water partition coefficient (Wildman–Crippen LogP) is 4.24. The van der Waals surface area contributed by atoms with E-state index < -0.39 is 0 Å². The van der Waals surface area contributed by atoms with Crippen LogP contribution < -0.4 is 5.32 Å². The van der Waals surface area contributed by atoms with Gasteiger partial charge in [-0.1, -0.05) is 32.3 Å². The Hall–Kier alpha value is -0.890. The van der Waals surface area contributed by atoms with Crippen LogP contribution in [0.2, 0.25) is 0 Å². The van der Waals surface area contributed by atoms with Crippen LogP contribution >= 0.6 is 0 Å². The van der Waals surface area contributed by atoms with Crippen molar-refractivity contribution in [2.24, 2.45) is 5.92 Å². The molecule has 0 bridgehead atoms. The van der Waals surface area contributed by atoms with Crippen LogP contribution in [0.3, 0.4) is 0 Å². The van der Waals surface area contributed by atoms with Crippen LogP contribution in [0.4, 0.5) is 4.39 Å². The molecule has 0 aliphatic heterocycles. The van der Waals surface area contributed by atoms with Crippen LogP contribution in [0.1, 0.15) is 50.2 Å². The van der Waals surface area contributed by atoms with Crippen LogP contribution in [-0.4, -0.2) is 12.6 Å². The average Bonchev–Trinajstić information content (AvgIpc) is 2.59. The first-order chi connectivity index (χ1) is 9.19. The number of rotatable bonds is 4. The molecule has 0 spiro atoms. The first kappa shape index (κ1) is 14.5. The SMILES string of the molecule is CCNC1CCCCC(Cc2ccc(F)cc2C)C1. The van der Waals surface area contributed by atoms with Crippen molar-refractivity contribution < 1.29 is 4.39 Å².